The van der Waals surface area contributed by atoms with Crippen LogP contribution in [-0.2, 0) is 0 Å². The molecule has 3 rings (SSSR count). The van der Waals surface area contributed by atoms with Gasteiger partial charge in [-0.1, -0.05) is 18.7 Å². The van der Waals surface area contributed by atoms with Crippen molar-refractivity contribution in [3.05, 3.63) is 60.1 Å². The van der Waals surface area contributed by atoms with Crippen LogP contribution in [0.2, 0.25) is 0 Å². The highest BCUT2D eigenvalue weighted by Gasteiger charge is 2.41. The Morgan fingerprint density at radius 3 is 2.74 bits per heavy atom. The summed E-state index contributed by atoms with van der Waals surface area (Å²) < 4.78 is 0. The van der Waals surface area contributed by atoms with E-state index in [-0.39, 0.29) is 0 Å². The first kappa shape index (κ1) is 19.3. The van der Waals surface area contributed by atoms with Gasteiger partial charge in [0.2, 0.25) is 0 Å². The van der Waals surface area contributed by atoms with Gasteiger partial charge in [0.25, 0.3) is 0 Å². The number of nitrogens with zero attached hydrogens (tertiary/aromatic N) is 1. The largest absolute Gasteiger partial charge is 0.398 e. The van der Waals surface area contributed by atoms with Crippen molar-refractivity contribution < 1.29 is 0 Å². The quantitative estimate of drug-likeness (QED) is 0.275. The Hall–Kier alpha value is -2.44. The summed E-state index contributed by atoms with van der Waals surface area (Å²) >= 11 is 4.38. The third-order valence-electron chi connectivity index (χ3n) is 5.06. The van der Waals surface area contributed by atoms with E-state index in [1.807, 2.05) is 42.5 Å². The molecule has 1 heterocycles. The molecule has 0 radical (unpaired) electrons. The van der Waals surface area contributed by atoms with Crippen molar-refractivity contribution in [2.75, 3.05) is 18.8 Å². The first-order chi connectivity index (χ1) is 12.9. The standard InChI is InChI=1S/C21H27N5S/c1-14(25-13-21(7-8-21)9-10-22)18(24)12-16-3-2-4-19(26-16)15-5-6-17(23)20(27)11-15/h2-6,11-12,25,27H,1,7-10,13,22-24H2/b18-12-. The fraction of sp³-hybridized carbons (Fsp3) is 0.286. The molecule has 0 spiro atoms. The summed E-state index contributed by atoms with van der Waals surface area (Å²) in [6.07, 6.45) is 5.30. The molecule has 1 aliphatic rings. The van der Waals surface area contributed by atoms with E-state index in [4.69, 9.17) is 17.2 Å². The highest BCUT2D eigenvalue weighted by molar-refractivity contribution is 7.80. The fourth-order valence-corrected chi connectivity index (χ4v) is 3.25. The monoisotopic (exact) mass is 381 g/mol. The Morgan fingerprint density at radius 1 is 1.30 bits per heavy atom. The maximum absolute atomic E-state index is 6.21. The fourth-order valence-electron chi connectivity index (χ4n) is 3.04. The lowest BCUT2D eigenvalue weighted by Gasteiger charge is -2.17. The molecule has 1 fully saturated rings. The minimum Gasteiger partial charge on any atom is -0.398 e. The van der Waals surface area contributed by atoms with Crippen LogP contribution in [-0.4, -0.2) is 18.1 Å². The second kappa shape index (κ2) is 8.06. The van der Waals surface area contributed by atoms with Crippen LogP contribution in [0.15, 0.2) is 59.3 Å². The average molecular weight is 382 g/mol. The Balaban J connectivity index is 1.70. The first-order valence-corrected chi connectivity index (χ1v) is 9.53. The van der Waals surface area contributed by atoms with Crippen LogP contribution >= 0.6 is 12.6 Å². The maximum Gasteiger partial charge on any atom is 0.0709 e. The third-order valence-corrected chi connectivity index (χ3v) is 5.44. The third kappa shape index (κ3) is 4.84. The van der Waals surface area contributed by atoms with Gasteiger partial charge in [-0.05, 0) is 61.6 Å². The number of pyridine rings is 1. The van der Waals surface area contributed by atoms with E-state index < -0.39 is 0 Å². The van der Waals surface area contributed by atoms with Crippen LogP contribution in [0.5, 0.6) is 0 Å². The summed E-state index contributed by atoms with van der Waals surface area (Å²) in [5.41, 5.74) is 22.6. The van der Waals surface area contributed by atoms with Crippen molar-refractivity contribution in [2.24, 2.45) is 16.9 Å². The van der Waals surface area contributed by atoms with Crippen molar-refractivity contribution >= 4 is 24.4 Å². The van der Waals surface area contributed by atoms with E-state index in [2.05, 4.69) is 29.5 Å². The van der Waals surface area contributed by atoms with Crippen LogP contribution in [0.3, 0.4) is 0 Å². The summed E-state index contributed by atoms with van der Waals surface area (Å²) in [5, 5.41) is 3.36. The number of nitrogens with one attached hydrogen (secondary N) is 1. The van der Waals surface area contributed by atoms with Gasteiger partial charge in [0.1, 0.15) is 0 Å². The van der Waals surface area contributed by atoms with E-state index >= 15 is 0 Å². The Morgan fingerprint density at radius 2 is 2.07 bits per heavy atom. The molecule has 2 aromatic rings. The van der Waals surface area contributed by atoms with Crippen molar-refractivity contribution in [3.8, 4) is 11.3 Å². The van der Waals surface area contributed by atoms with Gasteiger partial charge in [-0.3, -0.25) is 0 Å². The van der Waals surface area contributed by atoms with Crippen LogP contribution < -0.4 is 22.5 Å². The van der Waals surface area contributed by atoms with Gasteiger partial charge in [-0.2, -0.15) is 0 Å². The van der Waals surface area contributed by atoms with Crippen molar-refractivity contribution in [1.82, 2.24) is 10.3 Å². The lowest BCUT2D eigenvalue weighted by Crippen LogP contribution is -2.27. The molecule has 1 aromatic heterocycles. The highest BCUT2D eigenvalue weighted by Crippen LogP contribution is 2.47. The number of rotatable bonds is 8. The number of nitrogen functional groups attached to an aromatic ring is 1. The molecule has 0 unspecified atom stereocenters. The SMILES string of the molecule is C=C(NCC1(CCN)CC1)/C(N)=C/c1cccc(-c2ccc(N)c(S)c2)n1. The molecule has 142 valence electrons. The summed E-state index contributed by atoms with van der Waals surface area (Å²) in [5.74, 6) is 0. The Bertz CT molecular complexity index is 871. The molecule has 0 saturated heterocycles. The second-order valence-corrected chi connectivity index (χ2v) is 7.67. The summed E-state index contributed by atoms with van der Waals surface area (Å²) in [4.78, 5) is 5.41. The number of nitrogens with two attached hydrogens (primary N) is 3. The number of thiol groups is 1. The predicted octanol–water partition coefficient (Wildman–Crippen LogP) is 3.15. The van der Waals surface area contributed by atoms with Gasteiger partial charge in [-0.25, -0.2) is 4.98 Å². The van der Waals surface area contributed by atoms with Gasteiger partial charge in [0.15, 0.2) is 0 Å². The Labute approximate surface area is 166 Å². The average Bonchev–Trinajstić information content (AvgIpc) is 3.42. The number of aromatic nitrogens is 1. The second-order valence-electron chi connectivity index (χ2n) is 7.19. The lowest BCUT2D eigenvalue weighted by molar-refractivity contribution is 0.453. The molecule has 27 heavy (non-hydrogen) atoms. The van der Waals surface area contributed by atoms with Crippen molar-refractivity contribution in [2.45, 2.75) is 24.2 Å². The number of anilines is 1. The minimum atomic E-state index is 0.329. The number of hydrogen-bond acceptors (Lipinski definition) is 6. The molecule has 7 N–H and O–H groups in total. The summed E-state index contributed by atoms with van der Waals surface area (Å²) in [6.45, 7) is 5.64. The summed E-state index contributed by atoms with van der Waals surface area (Å²) in [6, 6.07) is 11.5. The molecular weight excluding hydrogens is 354 g/mol. The zero-order valence-electron chi connectivity index (χ0n) is 15.4. The molecule has 5 nitrogen and oxygen atoms in total. The normalized spacial score (nSPS) is 15.4. The minimum absolute atomic E-state index is 0.329. The van der Waals surface area contributed by atoms with Crippen LogP contribution in [0.4, 0.5) is 5.69 Å². The first-order valence-electron chi connectivity index (χ1n) is 9.09. The van der Waals surface area contributed by atoms with Crippen LogP contribution in [0.25, 0.3) is 17.3 Å². The van der Waals surface area contributed by atoms with E-state index in [0.29, 0.717) is 16.8 Å². The smallest absolute Gasteiger partial charge is 0.0709 e. The number of benzene rings is 1. The molecule has 0 aliphatic heterocycles. The molecule has 0 amide bonds. The van der Waals surface area contributed by atoms with E-state index in [9.17, 15) is 0 Å². The molecule has 0 atom stereocenters. The predicted molar refractivity (Wildman–Crippen MR) is 116 cm³/mol. The number of hydrogen-bond donors (Lipinski definition) is 5. The van der Waals surface area contributed by atoms with Crippen LogP contribution in [0, 0.1) is 5.41 Å². The molecule has 1 saturated carbocycles. The summed E-state index contributed by atoms with van der Waals surface area (Å²) in [7, 11) is 0. The Kier molecular flexibility index (Phi) is 5.77. The van der Waals surface area contributed by atoms with Gasteiger partial charge >= 0.3 is 0 Å². The highest BCUT2D eigenvalue weighted by atomic mass is 32.1. The molecule has 1 aliphatic carbocycles. The van der Waals surface area contributed by atoms with E-state index in [1.165, 1.54) is 12.8 Å². The van der Waals surface area contributed by atoms with Crippen molar-refractivity contribution in [3.63, 3.8) is 0 Å². The molecular formula is C21H27N5S. The molecule has 1 aromatic carbocycles. The van der Waals surface area contributed by atoms with Crippen LogP contribution in [0.1, 0.15) is 25.0 Å². The van der Waals surface area contributed by atoms with E-state index in [0.717, 1.165) is 47.1 Å². The molecule has 6 heteroatoms. The maximum atomic E-state index is 6.21. The zero-order valence-corrected chi connectivity index (χ0v) is 16.3. The van der Waals surface area contributed by atoms with Gasteiger partial charge in [0.05, 0.1) is 22.8 Å². The van der Waals surface area contributed by atoms with Crippen molar-refractivity contribution in [1.29, 1.82) is 0 Å². The topological polar surface area (TPSA) is 103 Å². The lowest BCUT2D eigenvalue weighted by atomic mass is 10.0. The van der Waals surface area contributed by atoms with E-state index in [1.54, 1.807) is 0 Å². The van der Waals surface area contributed by atoms with Gasteiger partial charge in [0, 0.05) is 22.7 Å². The zero-order chi connectivity index (χ0) is 19.4. The van der Waals surface area contributed by atoms with Gasteiger partial charge < -0.3 is 22.5 Å². The van der Waals surface area contributed by atoms with Gasteiger partial charge in [-0.15, -0.1) is 12.6 Å². The molecule has 0 bridgehead atoms.